The van der Waals surface area contributed by atoms with E-state index in [1.54, 1.807) is 13.8 Å². The van der Waals surface area contributed by atoms with Gasteiger partial charge in [0.05, 0.1) is 12.8 Å². The number of carbonyl (C=O) groups excluding carboxylic acids is 1. The second kappa shape index (κ2) is 3.57. The molecule has 0 spiro atoms. The minimum absolute atomic E-state index is 0.224. The van der Waals surface area contributed by atoms with Gasteiger partial charge in [-0.1, -0.05) is 5.16 Å². The monoisotopic (exact) mass is 184 g/mol. The highest BCUT2D eigenvalue weighted by Gasteiger charge is 2.20. The Morgan fingerprint density at radius 3 is 2.54 bits per heavy atom. The Labute approximate surface area is 76.2 Å². The number of nitrogens with zero attached hydrogens (tertiary/aromatic N) is 2. The molecular formula is C8H12N2O3. The molecule has 1 amide bonds. The largest absolute Gasteiger partial charge is 0.350 e. The Bertz CT molecular complexity index is 319. The summed E-state index contributed by atoms with van der Waals surface area (Å²) in [4.78, 5) is 16.2. The summed E-state index contributed by atoms with van der Waals surface area (Å²) >= 11 is 0. The average Bonchev–Trinajstić information content (AvgIpc) is 2.45. The van der Waals surface area contributed by atoms with Crippen molar-refractivity contribution in [1.82, 2.24) is 10.2 Å². The van der Waals surface area contributed by atoms with E-state index in [1.165, 1.54) is 14.2 Å². The van der Waals surface area contributed by atoms with Crippen LogP contribution in [0, 0.1) is 13.8 Å². The second-order valence-electron chi connectivity index (χ2n) is 2.71. The van der Waals surface area contributed by atoms with Gasteiger partial charge in [0.15, 0.2) is 0 Å². The predicted molar refractivity (Wildman–Crippen MR) is 45.1 cm³/mol. The van der Waals surface area contributed by atoms with Crippen LogP contribution in [0.1, 0.15) is 21.8 Å². The molecule has 1 rings (SSSR count). The third kappa shape index (κ3) is 1.70. The van der Waals surface area contributed by atoms with Crippen molar-refractivity contribution in [3.63, 3.8) is 0 Å². The smallest absolute Gasteiger partial charge is 0.315 e. The molecule has 0 radical (unpaired) electrons. The van der Waals surface area contributed by atoms with Gasteiger partial charge in [-0.15, -0.1) is 0 Å². The SMILES string of the molecule is CON(C)C(=O)c1onc(C)c1C. The van der Waals surface area contributed by atoms with Crippen molar-refractivity contribution in [1.29, 1.82) is 0 Å². The number of carbonyl (C=O) groups is 1. The molecule has 0 unspecified atom stereocenters. The first-order chi connectivity index (χ1) is 6.07. The topological polar surface area (TPSA) is 55.6 Å². The molecule has 1 aromatic heterocycles. The molecule has 5 heteroatoms. The first-order valence-electron chi connectivity index (χ1n) is 3.83. The highest BCUT2D eigenvalue weighted by molar-refractivity contribution is 5.91. The second-order valence-corrected chi connectivity index (χ2v) is 2.71. The Hall–Kier alpha value is -1.36. The lowest BCUT2D eigenvalue weighted by Gasteiger charge is -2.11. The summed E-state index contributed by atoms with van der Waals surface area (Å²) in [5, 5.41) is 4.77. The average molecular weight is 184 g/mol. The van der Waals surface area contributed by atoms with E-state index in [1.807, 2.05) is 0 Å². The zero-order valence-electron chi connectivity index (χ0n) is 8.12. The fraction of sp³-hybridized carbons (Fsp3) is 0.500. The normalized spacial score (nSPS) is 10.2. The first kappa shape index (κ1) is 9.73. The zero-order chi connectivity index (χ0) is 10.0. The Morgan fingerprint density at radius 2 is 2.15 bits per heavy atom. The molecule has 1 heterocycles. The molecule has 0 bridgehead atoms. The van der Waals surface area contributed by atoms with Crippen LogP contribution in [0.15, 0.2) is 4.52 Å². The number of amides is 1. The maximum Gasteiger partial charge on any atom is 0.315 e. The highest BCUT2D eigenvalue weighted by atomic mass is 16.7. The number of aryl methyl sites for hydroxylation is 1. The van der Waals surface area contributed by atoms with E-state index in [2.05, 4.69) is 5.16 Å². The summed E-state index contributed by atoms with van der Waals surface area (Å²) < 4.78 is 4.86. The quantitative estimate of drug-likeness (QED) is 0.641. The van der Waals surface area contributed by atoms with Gasteiger partial charge in [0.2, 0.25) is 5.76 Å². The molecule has 0 saturated heterocycles. The number of hydroxylamine groups is 2. The van der Waals surface area contributed by atoms with Crippen LogP contribution in [-0.4, -0.2) is 30.3 Å². The molecule has 0 aromatic carbocycles. The van der Waals surface area contributed by atoms with Crippen molar-refractivity contribution in [2.24, 2.45) is 0 Å². The van der Waals surface area contributed by atoms with E-state index in [9.17, 15) is 4.79 Å². The van der Waals surface area contributed by atoms with Crippen molar-refractivity contribution in [3.8, 4) is 0 Å². The Balaban J connectivity index is 2.95. The predicted octanol–water partition coefficient (Wildman–Crippen LogP) is 0.925. The van der Waals surface area contributed by atoms with Gasteiger partial charge >= 0.3 is 5.91 Å². The van der Waals surface area contributed by atoms with Crippen LogP contribution in [0.4, 0.5) is 0 Å². The third-order valence-electron chi connectivity index (χ3n) is 1.91. The lowest BCUT2D eigenvalue weighted by atomic mass is 10.2. The molecule has 0 aliphatic heterocycles. The van der Waals surface area contributed by atoms with Gasteiger partial charge in [-0.25, -0.2) is 5.06 Å². The molecule has 1 aromatic rings. The summed E-state index contributed by atoms with van der Waals surface area (Å²) in [6.45, 7) is 3.56. The summed E-state index contributed by atoms with van der Waals surface area (Å²) in [5.74, 6) is -0.109. The van der Waals surface area contributed by atoms with Crippen LogP contribution in [0.3, 0.4) is 0 Å². The first-order valence-corrected chi connectivity index (χ1v) is 3.83. The molecule has 0 aliphatic rings. The minimum atomic E-state index is -0.333. The number of rotatable bonds is 2. The zero-order valence-corrected chi connectivity index (χ0v) is 8.12. The van der Waals surface area contributed by atoms with Crippen molar-refractivity contribution in [3.05, 3.63) is 17.0 Å². The van der Waals surface area contributed by atoms with Gasteiger partial charge in [-0.05, 0) is 13.8 Å². The molecule has 72 valence electrons. The molecule has 0 aliphatic carbocycles. The van der Waals surface area contributed by atoms with Gasteiger partial charge in [0.25, 0.3) is 0 Å². The van der Waals surface area contributed by atoms with Crippen LogP contribution in [-0.2, 0) is 4.84 Å². The van der Waals surface area contributed by atoms with Crippen LogP contribution in [0.25, 0.3) is 0 Å². The highest BCUT2D eigenvalue weighted by Crippen LogP contribution is 2.13. The van der Waals surface area contributed by atoms with Gasteiger partial charge in [0, 0.05) is 12.6 Å². The number of aromatic nitrogens is 1. The molecule has 0 N–H and O–H groups in total. The summed E-state index contributed by atoms with van der Waals surface area (Å²) in [6, 6.07) is 0. The summed E-state index contributed by atoms with van der Waals surface area (Å²) in [5.41, 5.74) is 1.46. The fourth-order valence-corrected chi connectivity index (χ4v) is 0.841. The lowest BCUT2D eigenvalue weighted by molar-refractivity contribution is -0.0777. The van der Waals surface area contributed by atoms with Crippen LogP contribution in [0.2, 0.25) is 0 Å². The molecule has 5 nitrogen and oxygen atoms in total. The Morgan fingerprint density at radius 1 is 1.54 bits per heavy atom. The van der Waals surface area contributed by atoms with Gasteiger partial charge in [0.1, 0.15) is 0 Å². The molecule has 13 heavy (non-hydrogen) atoms. The lowest BCUT2D eigenvalue weighted by Crippen LogP contribution is -2.25. The Kier molecular flexibility index (Phi) is 2.67. The van der Waals surface area contributed by atoms with Crippen molar-refractivity contribution < 1.29 is 14.2 Å². The van der Waals surface area contributed by atoms with Crippen molar-refractivity contribution in [2.75, 3.05) is 14.2 Å². The molecular weight excluding hydrogens is 172 g/mol. The number of hydrogen-bond acceptors (Lipinski definition) is 4. The van der Waals surface area contributed by atoms with Crippen molar-refractivity contribution in [2.45, 2.75) is 13.8 Å². The maximum absolute atomic E-state index is 11.5. The standard InChI is InChI=1S/C8H12N2O3/c1-5-6(2)9-13-7(5)8(11)10(3)12-4/h1-4H3. The van der Waals surface area contributed by atoms with Gasteiger partial charge in [-0.3, -0.25) is 9.63 Å². The van der Waals surface area contributed by atoms with Gasteiger partial charge in [-0.2, -0.15) is 0 Å². The number of hydrogen-bond donors (Lipinski definition) is 0. The van der Waals surface area contributed by atoms with E-state index < -0.39 is 0 Å². The maximum atomic E-state index is 11.5. The molecule has 0 fully saturated rings. The van der Waals surface area contributed by atoms with E-state index in [0.29, 0.717) is 5.69 Å². The van der Waals surface area contributed by atoms with Crippen LogP contribution < -0.4 is 0 Å². The molecule has 0 saturated carbocycles. The summed E-state index contributed by atoms with van der Waals surface area (Å²) in [7, 11) is 2.93. The van der Waals surface area contributed by atoms with E-state index in [-0.39, 0.29) is 11.7 Å². The van der Waals surface area contributed by atoms with E-state index in [4.69, 9.17) is 9.36 Å². The van der Waals surface area contributed by atoms with Crippen LogP contribution >= 0.6 is 0 Å². The van der Waals surface area contributed by atoms with E-state index in [0.717, 1.165) is 10.6 Å². The van der Waals surface area contributed by atoms with E-state index >= 15 is 0 Å². The summed E-state index contributed by atoms with van der Waals surface area (Å²) in [6.07, 6.45) is 0. The van der Waals surface area contributed by atoms with Crippen molar-refractivity contribution >= 4 is 5.91 Å². The minimum Gasteiger partial charge on any atom is -0.350 e. The molecule has 0 atom stereocenters. The third-order valence-corrected chi connectivity index (χ3v) is 1.91. The van der Waals surface area contributed by atoms with Gasteiger partial charge < -0.3 is 4.52 Å². The fourth-order valence-electron chi connectivity index (χ4n) is 0.841. The van der Waals surface area contributed by atoms with Crippen LogP contribution in [0.5, 0.6) is 0 Å².